The van der Waals surface area contributed by atoms with Crippen molar-refractivity contribution in [2.45, 2.75) is 24.9 Å². The first-order valence-corrected chi connectivity index (χ1v) is 12.1. The molecule has 0 aliphatic carbocycles. The summed E-state index contributed by atoms with van der Waals surface area (Å²) < 4.78 is 50.7. The van der Waals surface area contributed by atoms with E-state index in [1.165, 1.54) is 17.2 Å². The summed E-state index contributed by atoms with van der Waals surface area (Å²) in [5, 5.41) is 10.1. The monoisotopic (exact) mass is 550 g/mol. The Kier molecular flexibility index (Phi) is 8.19. The molecule has 17 nitrogen and oxygen atoms in total. The molecule has 5 atom stereocenters. The summed E-state index contributed by atoms with van der Waals surface area (Å²) in [6.07, 6.45) is -0.946. The van der Waals surface area contributed by atoms with Gasteiger partial charge in [-0.1, -0.05) is 0 Å². The van der Waals surface area contributed by atoms with Gasteiger partial charge in [-0.2, -0.15) is 0 Å². The number of nitrogens with two attached hydrogens (primary N) is 1. The average Bonchev–Trinajstić information content (AvgIpc) is 3.14. The van der Waals surface area contributed by atoms with E-state index in [0.717, 1.165) is 0 Å². The first-order valence-electron chi connectivity index (χ1n) is 7.74. The number of hydrogen-bond donors (Lipinski definition) is 2. The Morgan fingerprint density at radius 1 is 1.16 bits per heavy atom. The third kappa shape index (κ3) is 6.84. The molecule has 0 amide bonds. The quantitative estimate of drug-likeness (QED) is 0.243. The second-order valence-corrected chi connectivity index (χ2v) is 10.1. The van der Waals surface area contributed by atoms with Crippen LogP contribution in [0.1, 0.15) is 12.6 Å². The van der Waals surface area contributed by atoms with Gasteiger partial charge in [0.25, 0.3) is 15.6 Å². The van der Waals surface area contributed by atoms with Gasteiger partial charge in [0, 0.05) is 23.5 Å². The van der Waals surface area contributed by atoms with Crippen molar-refractivity contribution in [3.63, 3.8) is 0 Å². The van der Waals surface area contributed by atoms with Crippen molar-refractivity contribution in [1.29, 1.82) is 0 Å². The van der Waals surface area contributed by atoms with Crippen LogP contribution in [0.25, 0.3) is 11.2 Å². The maximum atomic E-state index is 11.6. The second kappa shape index (κ2) is 9.59. The summed E-state index contributed by atoms with van der Waals surface area (Å²) in [6.45, 7) is -0.908. The second-order valence-electron chi connectivity index (χ2n) is 5.82. The van der Waals surface area contributed by atoms with E-state index in [9.17, 15) is 38.4 Å². The Hall–Kier alpha value is -0.801. The molecule has 1 fully saturated rings. The molecule has 0 aromatic carbocycles. The van der Waals surface area contributed by atoms with Gasteiger partial charge in [0.1, 0.15) is 24.2 Å². The van der Waals surface area contributed by atoms with E-state index >= 15 is 0 Å². The molecule has 0 bridgehead atoms. The average molecular weight is 551 g/mol. The molecule has 2 aromatic rings. The maximum absolute atomic E-state index is 11.6. The molecular weight excluding hydrogens is 539 g/mol. The van der Waals surface area contributed by atoms with E-state index in [1.807, 2.05) is 0 Å². The van der Waals surface area contributed by atoms with Crippen molar-refractivity contribution in [2.75, 3.05) is 12.3 Å². The Morgan fingerprint density at radius 3 is 2.48 bits per heavy atom. The van der Waals surface area contributed by atoms with Crippen molar-refractivity contribution in [1.82, 2.24) is 19.5 Å². The first kappa shape index (κ1) is 26.5. The van der Waals surface area contributed by atoms with Gasteiger partial charge in [0.2, 0.25) is 0 Å². The van der Waals surface area contributed by atoms with Crippen LogP contribution >= 0.6 is 23.5 Å². The van der Waals surface area contributed by atoms with Crippen LogP contribution in [0, 0.1) is 0 Å². The molecule has 0 spiro atoms. The molecule has 1 radical (unpaired) electrons. The fourth-order valence-electron chi connectivity index (χ4n) is 2.56. The fourth-order valence-corrected chi connectivity index (χ4v) is 5.43. The maximum Gasteiger partial charge on any atom is 0.278 e. The number of fused-ring (bicyclic) bond motifs is 1. The third-order valence-corrected chi connectivity index (χ3v) is 7.36. The van der Waals surface area contributed by atoms with Gasteiger partial charge in [-0.15, -0.1) is 0 Å². The summed E-state index contributed by atoms with van der Waals surface area (Å²) in [5.74, 6) is 0.103. The molecule has 3 heterocycles. The zero-order valence-electron chi connectivity index (χ0n) is 14.7. The summed E-state index contributed by atoms with van der Waals surface area (Å²) in [5.41, 5.74) is 6.23. The minimum atomic E-state index is -6.09. The topological polar surface area (TPSA) is 270 Å². The van der Waals surface area contributed by atoms with E-state index in [-0.39, 0.29) is 40.5 Å². The number of anilines is 1. The number of phosphoric ester groups is 1. The van der Waals surface area contributed by atoms with Gasteiger partial charge in [-0.25, -0.2) is 19.3 Å². The smallest absolute Gasteiger partial charge is 0.278 e. The molecular formula is C10H12CuN5O12P3-4. The van der Waals surface area contributed by atoms with Crippen molar-refractivity contribution >= 4 is 40.4 Å². The van der Waals surface area contributed by atoms with Gasteiger partial charge in [0.15, 0.2) is 11.5 Å². The van der Waals surface area contributed by atoms with Crippen LogP contribution in [0.4, 0.5) is 5.82 Å². The minimum absolute atomic E-state index is 0. The van der Waals surface area contributed by atoms with Gasteiger partial charge in [0.05, 0.1) is 26.9 Å². The number of aromatic nitrogens is 4. The normalized spacial score (nSPS) is 25.6. The SMILES string of the molecule is Nc1ncnc2c1ncn2[C@H]1C[C@H](O)[C@@H](COP(=O)([O-])OP(=O)([O-])OP(=O)([O-])[O-])O1.[Cu]. The molecule has 31 heavy (non-hydrogen) atoms. The Morgan fingerprint density at radius 2 is 1.84 bits per heavy atom. The molecule has 3 rings (SSSR count). The van der Waals surface area contributed by atoms with Crippen LogP contribution in [0.5, 0.6) is 0 Å². The van der Waals surface area contributed by atoms with E-state index < -0.39 is 48.5 Å². The summed E-state index contributed by atoms with van der Waals surface area (Å²) in [6, 6.07) is 0. The van der Waals surface area contributed by atoms with Crippen LogP contribution < -0.4 is 25.3 Å². The van der Waals surface area contributed by atoms with E-state index in [0.29, 0.717) is 0 Å². The van der Waals surface area contributed by atoms with Crippen LogP contribution in [-0.4, -0.2) is 43.4 Å². The summed E-state index contributed by atoms with van der Waals surface area (Å²) in [4.78, 5) is 55.1. The number of ether oxygens (including phenoxy) is 1. The molecule has 179 valence electrons. The number of aliphatic hydroxyl groups is 1. The van der Waals surface area contributed by atoms with Crippen molar-refractivity contribution in [2.24, 2.45) is 0 Å². The zero-order chi connectivity index (χ0) is 22.3. The largest absolute Gasteiger partial charge is 0.790 e. The summed E-state index contributed by atoms with van der Waals surface area (Å²) >= 11 is 0. The fraction of sp³-hybridized carbons (Fsp3) is 0.500. The number of hydrogen-bond acceptors (Lipinski definition) is 16. The van der Waals surface area contributed by atoms with Crippen LogP contribution in [0.3, 0.4) is 0 Å². The van der Waals surface area contributed by atoms with E-state index in [4.69, 9.17) is 10.5 Å². The molecule has 2 unspecified atom stereocenters. The van der Waals surface area contributed by atoms with Crippen LogP contribution in [0.15, 0.2) is 12.7 Å². The molecule has 1 aliphatic rings. The molecule has 0 saturated carbocycles. The number of phosphoric acid groups is 3. The van der Waals surface area contributed by atoms with Crippen LogP contribution in [-0.2, 0) is 48.6 Å². The zero-order valence-corrected chi connectivity index (χ0v) is 18.4. The van der Waals surface area contributed by atoms with Gasteiger partial charge < -0.3 is 44.2 Å². The number of nitrogens with zero attached hydrogens (tertiary/aromatic N) is 4. The summed E-state index contributed by atoms with van der Waals surface area (Å²) in [7, 11) is -17.9. The number of rotatable bonds is 8. The van der Waals surface area contributed by atoms with Crippen molar-refractivity contribution < 1.29 is 73.3 Å². The van der Waals surface area contributed by atoms with Crippen LogP contribution in [0.2, 0.25) is 0 Å². The predicted octanol–water partition coefficient (Wildman–Crippen LogP) is -3.13. The molecule has 1 saturated heterocycles. The van der Waals surface area contributed by atoms with Gasteiger partial charge in [-0.3, -0.25) is 18.0 Å². The number of nitrogen functional groups attached to an aromatic ring is 1. The van der Waals surface area contributed by atoms with E-state index in [2.05, 4.69) is 28.1 Å². The minimum Gasteiger partial charge on any atom is -0.790 e. The first-order chi connectivity index (χ1) is 13.8. The van der Waals surface area contributed by atoms with Gasteiger partial charge in [-0.05, 0) is 0 Å². The molecule has 3 N–H and O–H groups in total. The molecule has 21 heteroatoms. The van der Waals surface area contributed by atoms with E-state index in [1.54, 1.807) is 0 Å². The number of imidazole rings is 1. The Bertz CT molecular complexity index is 1080. The van der Waals surface area contributed by atoms with Crippen molar-refractivity contribution in [3.05, 3.63) is 12.7 Å². The predicted molar refractivity (Wildman–Crippen MR) is 85.2 cm³/mol. The number of aliphatic hydroxyl groups excluding tert-OH is 1. The Balaban J connectivity index is 0.00000341. The van der Waals surface area contributed by atoms with Crippen molar-refractivity contribution in [3.8, 4) is 0 Å². The molecule has 1 aliphatic heterocycles. The molecule has 2 aromatic heterocycles. The standard InChI is InChI=1S/C10H16N5O12P3.Cu/c11-9-8-10(13-3-12-9)15(4-14-8)7-1-5(16)6(25-7)2-24-29(20,21)27-30(22,23)26-28(17,18)19;/h3-7,16H,1-2H2,(H,20,21)(H,22,23)(H2,11,12,13)(H2,17,18,19);/p-4/t5-,6+,7+;/m0./s1. The Labute approximate surface area is 183 Å². The van der Waals surface area contributed by atoms with Gasteiger partial charge >= 0.3 is 0 Å². The third-order valence-electron chi connectivity index (χ3n) is 3.70.